The van der Waals surface area contributed by atoms with Gasteiger partial charge in [0.1, 0.15) is 0 Å². The van der Waals surface area contributed by atoms with Gasteiger partial charge in [-0.05, 0) is 32.4 Å². The number of hydrogen-bond donors (Lipinski definition) is 2. The third-order valence-electron chi connectivity index (χ3n) is 2.72. The summed E-state index contributed by atoms with van der Waals surface area (Å²) in [5.41, 5.74) is 6.31. The SMILES string of the molecule is CC(C)(C)N(CC(N)c1ccccc1Cl)C(=O)O. The van der Waals surface area contributed by atoms with Crippen molar-refractivity contribution >= 4 is 17.7 Å². The van der Waals surface area contributed by atoms with Gasteiger partial charge in [0.2, 0.25) is 0 Å². The molecule has 5 heteroatoms. The number of nitrogens with zero attached hydrogens (tertiary/aromatic N) is 1. The molecule has 1 aromatic rings. The summed E-state index contributed by atoms with van der Waals surface area (Å²) in [6.45, 7) is 5.71. The summed E-state index contributed by atoms with van der Waals surface area (Å²) in [5.74, 6) is 0. The van der Waals surface area contributed by atoms with E-state index in [-0.39, 0.29) is 6.54 Å². The molecule has 0 bridgehead atoms. The van der Waals surface area contributed by atoms with Crippen LogP contribution in [0.1, 0.15) is 32.4 Å². The van der Waals surface area contributed by atoms with Crippen molar-refractivity contribution in [2.24, 2.45) is 5.73 Å². The average Bonchev–Trinajstić information content (AvgIpc) is 2.24. The molecule has 0 aromatic heterocycles. The predicted molar refractivity (Wildman–Crippen MR) is 72.9 cm³/mol. The lowest BCUT2D eigenvalue weighted by Gasteiger charge is -2.35. The smallest absolute Gasteiger partial charge is 0.407 e. The van der Waals surface area contributed by atoms with Gasteiger partial charge in [-0.2, -0.15) is 0 Å². The lowest BCUT2D eigenvalue weighted by atomic mass is 10.0. The van der Waals surface area contributed by atoms with E-state index in [4.69, 9.17) is 17.3 Å². The van der Waals surface area contributed by atoms with Crippen molar-refractivity contribution < 1.29 is 9.90 Å². The van der Waals surface area contributed by atoms with Gasteiger partial charge < -0.3 is 15.7 Å². The summed E-state index contributed by atoms with van der Waals surface area (Å²) >= 11 is 6.05. The molecule has 0 spiro atoms. The molecule has 1 atom stereocenters. The quantitative estimate of drug-likeness (QED) is 0.887. The zero-order chi connectivity index (χ0) is 13.9. The third-order valence-corrected chi connectivity index (χ3v) is 3.07. The highest BCUT2D eigenvalue weighted by atomic mass is 35.5. The highest BCUT2D eigenvalue weighted by molar-refractivity contribution is 6.31. The number of halogens is 1. The molecule has 1 aromatic carbocycles. The first-order chi connectivity index (χ1) is 8.23. The van der Waals surface area contributed by atoms with E-state index >= 15 is 0 Å². The van der Waals surface area contributed by atoms with Crippen LogP contribution in [0.25, 0.3) is 0 Å². The minimum atomic E-state index is -0.981. The van der Waals surface area contributed by atoms with Crippen LogP contribution in [0.5, 0.6) is 0 Å². The van der Waals surface area contributed by atoms with E-state index in [1.54, 1.807) is 6.07 Å². The Kier molecular flexibility index (Phi) is 4.59. The fraction of sp³-hybridized carbons (Fsp3) is 0.462. The summed E-state index contributed by atoms with van der Waals surface area (Å²) in [4.78, 5) is 12.6. The predicted octanol–water partition coefficient (Wildman–Crippen LogP) is 3.12. The van der Waals surface area contributed by atoms with Gasteiger partial charge in [0.25, 0.3) is 0 Å². The van der Waals surface area contributed by atoms with Crippen LogP contribution < -0.4 is 5.73 Å². The molecule has 0 fully saturated rings. The van der Waals surface area contributed by atoms with E-state index < -0.39 is 17.7 Å². The maximum atomic E-state index is 11.2. The average molecular weight is 271 g/mol. The van der Waals surface area contributed by atoms with Crippen molar-refractivity contribution in [2.45, 2.75) is 32.4 Å². The summed E-state index contributed by atoms with van der Waals surface area (Å²) in [5, 5.41) is 9.77. The number of nitrogens with two attached hydrogens (primary N) is 1. The van der Waals surface area contributed by atoms with Crippen molar-refractivity contribution in [1.82, 2.24) is 4.90 Å². The first-order valence-electron chi connectivity index (χ1n) is 5.74. The zero-order valence-electron chi connectivity index (χ0n) is 10.9. The lowest BCUT2D eigenvalue weighted by molar-refractivity contribution is 0.0961. The summed E-state index contributed by atoms with van der Waals surface area (Å²) in [6.07, 6.45) is -0.981. The van der Waals surface area contributed by atoms with E-state index in [0.29, 0.717) is 5.02 Å². The molecule has 0 heterocycles. The second-order valence-electron chi connectivity index (χ2n) is 5.19. The highest BCUT2D eigenvalue weighted by Crippen LogP contribution is 2.24. The fourth-order valence-electron chi connectivity index (χ4n) is 1.71. The Morgan fingerprint density at radius 1 is 1.44 bits per heavy atom. The summed E-state index contributed by atoms with van der Waals surface area (Å²) < 4.78 is 0. The van der Waals surface area contributed by atoms with Gasteiger partial charge in [0.05, 0.1) is 0 Å². The van der Waals surface area contributed by atoms with Crippen molar-refractivity contribution in [3.8, 4) is 0 Å². The monoisotopic (exact) mass is 270 g/mol. The first kappa shape index (κ1) is 14.8. The second kappa shape index (κ2) is 5.59. The van der Waals surface area contributed by atoms with Crippen molar-refractivity contribution in [3.05, 3.63) is 34.9 Å². The van der Waals surface area contributed by atoms with Gasteiger partial charge >= 0.3 is 6.09 Å². The zero-order valence-corrected chi connectivity index (χ0v) is 11.6. The molecule has 100 valence electrons. The molecule has 0 aliphatic carbocycles. The van der Waals surface area contributed by atoms with Crippen LogP contribution in [0, 0.1) is 0 Å². The lowest BCUT2D eigenvalue weighted by Crippen LogP contribution is -2.48. The number of benzene rings is 1. The molecule has 0 aliphatic heterocycles. The Morgan fingerprint density at radius 2 is 2.00 bits per heavy atom. The molecule has 0 saturated heterocycles. The largest absolute Gasteiger partial charge is 0.465 e. The molecule has 0 aliphatic rings. The molecule has 18 heavy (non-hydrogen) atoms. The molecule has 1 rings (SSSR count). The van der Waals surface area contributed by atoms with Crippen molar-refractivity contribution in [2.75, 3.05) is 6.54 Å². The van der Waals surface area contributed by atoms with Crippen molar-refractivity contribution in [3.63, 3.8) is 0 Å². The van der Waals surface area contributed by atoms with Gasteiger partial charge in [-0.3, -0.25) is 0 Å². The van der Waals surface area contributed by atoms with Crippen LogP contribution in [0.3, 0.4) is 0 Å². The van der Waals surface area contributed by atoms with Crippen LogP contribution in [0.15, 0.2) is 24.3 Å². The molecule has 0 radical (unpaired) electrons. The van der Waals surface area contributed by atoms with Crippen LogP contribution in [0.4, 0.5) is 4.79 Å². The van der Waals surface area contributed by atoms with Gasteiger partial charge in [-0.25, -0.2) is 4.79 Å². The topological polar surface area (TPSA) is 66.6 Å². The number of amides is 1. The molecule has 0 saturated carbocycles. The number of carboxylic acid groups (broad SMARTS) is 1. The van der Waals surface area contributed by atoms with Gasteiger partial charge in [-0.15, -0.1) is 0 Å². The molecule has 1 unspecified atom stereocenters. The van der Waals surface area contributed by atoms with E-state index in [0.717, 1.165) is 5.56 Å². The highest BCUT2D eigenvalue weighted by Gasteiger charge is 2.28. The Balaban J connectivity index is 2.89. The number of hydrogen-bond acceptors (Lipinski definition) is 2. The van der Waals surface area contributed by atoms with Crippen LogP contribution in [-0.4, -0.2) is 28.2 Å². The van der Waals surface area contributed by atoms with Crippen LogP contribution in [-0.2, 0) is 0 Å². The maximum Gasteiger partial charge on any atom is 0.407 e. The maximum absolute atomic E-state index is 11.2. The third kappa shape index (κ3) is 3.62. The number of carbonyl (C=O) groups is 1. The van der Waals surface area contributed by atoms with E-state index in [1.807, 2.05) is 39.0 Å². The Bertz CT molecular complexity index is 429. The Hall–Kier alpha value is -1.26. The van der Waals surface area contributed by atoms with Gasteiger partial charge in [0.15, 0.2) is 0 Å². The molecule has 1 amide bonds. The summed E-state index contributed by atoms with van der Waals surface area (Å²) in [6, 6.07) is 6.78. The van der Waals surface area contributed by atoms with E-state index in [2.05, 4.69) is 0 Å². The Morgan fingerprint density at radius 3 is 2.44 bits per heavy atom. The molecule has 3 N–H and O–H groups in total. The van der Waals surface area contributed by atoms with Crippen LogP contribution in [0.2, 0.25) is 5.02 Å². The Labute approximate surface area is 112 Å². The van der Waals surface area contributed by atoms with E-state index in [9.17, 15) is 9.90 Å². The second-order valence-corrected chi connectivity index (χ2v) is 5.60. The van der Waals surface area contributed by atoms with Crippen molar-refractivity contribution in [1.29, 1.82) is 0 Å². The van der Waals surface area contributed by atoms with Gasteiger partial charge in [-0.1, -0.05) is 29.8 Å². The minimum Gasteiger partial charge on any atom is -0.465 e. The first-order valence-corrected chi connectivity index (χ1v) is 6.12. The normalized spacial score (nSPS) is 13.2. The molecule has 4 nitrogen and oxygen atoms in total. The standard InChI is InChI=1S/C13H19ClN2O2/c1-13(2,3)16(12(17)18)8-11(15)9-6-4-5-7-10(9)14/h4-7,11H,8,15H2,1-3H3,(H,17,18). The molecular formula is C13H19ClN2O2. The summed E-state index contributed by atoms with van der Waals surface area (Å²) in [7, 11) is 0. The van der Waals surface area contributed by atoms with Gasteiger partial charge in [0, 0.05) is 23.1 Å². The number of rotatable bonds is 3. The van der Waals surface area contributed by atoms with Crippen LogP contribution >= 0.6 is 11.6 Å². The van der Waals surface area contributed by atoms with E-state index in [1.165, 1.54) is 4.90 Å². The minimum absolute atomic E-state index is 0.211. The molecular weight excluding hydrogens is 252 g/mol. The fourth-order valence-corrected chi connectivity index (χ4v) is 1.99.